The molecule has 3 nitrogen and oxygen atoms in total. The second-order valence-corrected chi connectivity index (χ2v) is 5.17. The minimum Gasteiger partial charge on any atom is -0.396 e. The quantitative estimate of drug-likeness (QED) is 0.695. The first-order valence-electron chi connectivity index (χ1n) is 6.71. The third-order valence-electron chi connectivity index (χ3n) is 3.14. The Hall–Kier alpha value is -1.06. The van der Waals surface area contributed by atoms with Crippen LogP contribution >= 0.6 is 0 Å². The molecule has 0 radical (unpaired) electrons. The van der Waals surface area contributed by atoms with Gasteiger partial charge >= 0.3 is 0 Å². The van der Waals surface area contributed by atoms with E-state index >= 15 is 0 Å². The van der Waals surface area contributed by atoms with Crippen LogP contribution in [0.1, 0.15) is 25.3 Å². The molecule has 1 aromatic carbocycles. The predicted octanol–water partition coefficient (Wildman–Crippen LogP) is 2.25. The molecule has 0 aliphatic carbocycles. The minimum absolute atomic E-state index is 0.298. The molecule has 0 spiro atoms. The van der Waals surface area contributed by atoms with Crippen LogP contribution in [-0.4, -0.2) is 32.4 Å². The molecule has 0 amide bonds. The summed E-state index contributed by atoms with van der Waals surface area (Å²) in [6.45, 7) is 4.31. The summed E-state index contributed by atoms with van der Waals surface area (Å²) in [7, 11) is 4.10. The van der Waals surface area contributed by atoms with Gasteiger partial charge in [0.1, 0.15) is 0 Å². The van der Waals surface area contributed by atoms with Gasteiger partial charge in [-0.05, 0) is 43.0 Å². The van der Waals surface area contributed by atoms with Gasteiger partial charge in [-0.3, -0.25) is 0 Å². The summed E-state index contributed by atoms with van der Waals surface area (Å²) >= 11 is 0. The van der Waals surface area contributed by atoms with Crippen LogP contribution in [0.5, 0.6) is 0 Å². The average Bonchev–Trinajstić information content (AvgIpc) is 2.38. The van der Waals surface area contributed by atoms with Crippen LogP contribution in [0, 0.1) is 5.92 Å². The van der Waals surface area contributed by atoms with Crippen molar-refractivity contribution in [3.05, 3.63) is 29.8 Å². The van der Waals surface area contributed by atoms with Gasteiger partial charge in [-0.25, -0.2) is 0 Å². The molecule has 3 heteroatoms. The molecule has 0 heterocycles. The van der Waals surface area contributed by atoms with Gasteiger partial charge in [-0.15, -0.1) is 0 Å². The van der Waals surface area contributed by atoms with Crippen LogP contribution < -0.4 is 10.2 Å². The van der Waals surface area contributed by atoms with E-state index in [0.29, 0.717) is 12.5 Å². The van der Waals surface area contributed by atoms with Gasteiger partial charge < -0.3 is 15.3 Å². The zero-order valence-electron chi connectivity index (χ0n) is 11.8. The number of benzene rings is 1. The Labute approximate surface area is 111 Å². The predicted molar refractivity (Wildman–Crippen MR) is 78.0 cm³/mol. The van der Waals surface area contributed by atoms with E-state index in [9.17, 15) is 0 Å². The Morgan fingerprint density at radius 1 is 1.22 bits per heavy atom. The maximum atomic E-state index is 8.92. The fourth-order valence-corrected chi connectivity index (χ4v) is 1.81. The van der Waals surface area contributed by atoms with Gasteiger partial charge in [-0.1, -0.05) is 19.1 Å². The molecule has 1 rings (SSSR count). The molecule has 2 N–H and O–H groups in total. The Balaban J connectivity index is 2.19. The highest BCUT2D eigenvalue weighted by molar-refractivity contribution is 5.45. The van der Waals surface area contributed by atoms with Crippen LogP contribution in [-0.2, 0) is 6.54 Å². The monoisotopic (exact) mass is 250 g/mol. The second kappa shape index (κ2) is 8.11. The fraction of sp³-hybridized carbons (Fsp3) is 0.600. The average molecular weight is 250 g/mol. The van der Waals surface area contributed by atoms with Crippen molar-refractivity contribution >= 4 is 5.69 Å². The zero-order chi connectivity index (χ0) is 13.4. The summed E-state index contributed by atoms with van der Waals surface area (Å²) < 4.78 is 0. The summed E-state index contributed by atoms with van der Waals surface area (Å²) in [6.07, 6.45) is 2.21. The lowest BCUT2D eigenvalue weighted by atomic mass is 10.1. The van der Waals surface area contributed by atoms with Gasteiger partial charge in [0.05, 0.1) is 0 Å². The van der Waals surface area contributed by atoms with Crippen molar-refractivity contribution in [3.63, 3.8) is 0 Å². The van der Waals surface area contributed by atoms with Gasteiger partial charge in [0.2, 0.25) is 0 Å². The van der Waals surface area contributed by atoms with Crippen molar-refractivity contribution in [1.29, 1.82) is 0 Å². The lowest BCUT2D eigenvalue weighted by Gasteiger charge is -2.13. The molecule has 1 unspecified atom stereocenters. The number of aliphatic hydroxyl groups excluding tert-OH is 1. The topological polar surface area (TPSA) is 35.5 Å². The van der Waals surface area contributed by atoms with E-state index < -0.39 is 0 Å². The second-order valence-electron chi connectivity index (χ2n) is 5.17. The van der Waals surface area contributed by atoms with E-state index in [1.807, 2.05) is 0 Å². The van der Waals surface area contributed by atoms with Crippen molar-refractivity contribution < 1.29 is 5.11 Å². The van der Waals surface area contributed by atoms with E-state index in [2.05, 4.69) is 55.5 Å². The SMILES string of the molecule is CC(CO)CCCNCc1ccc(N(C)C)cc1. The Kier molecular flexibility index (Phi) is 6.76. The molecule has 0 fully saturated rings. The summed E-state index contributed by atoms with van der Waals surface area (Å²) in [5, 5.41) is 12.4. The molecule has 0 aliphatic heterocycles. The molecular formula is C15H26N2O. The van der Waals surface area contributed by atoms with E-state index in [-0.39, 0.29) is 0 Å². The highest BCUT2D eigenvalue weighted by atomic mass is 16.3. The van der Waals surface area contributed by atoms with Crippen LogP contribution in [0.15, 0.2) is 24.3 Å². The van der Waals surface area contributed by atoms with E-state index in [1.54, 1.807) is 0 Å². The van der Waals surface area contributed by atoms with E-state index in [1.165, 1.54) is 11.3 Å². The van der Waals surface area contributed by atoms with Gasteiger partial charge in [0.25, 0.3) is 0 Å². The first-order chi connectivity index (χ1) is 8.63. The molecule has 0 aromatic heterocycles. The van der Waals surface area contributed by atoms with Crippen molar-refractivity contribution in [2.75, 3.05) is 32.1 Å². The lowest BCUT2D eigenvalue weighted by Crippen LogP contribution is -2.16. The molecule has 0 aliphatic rings. The van der Waals surface area contributed by atoms with Crippen LogP contribution in [0.25, 0.3) is 0 Å². The van der Waals surface area contributed by atoms with Crippen LogP contribution in [0.4, 0.5) is 5.69 Å². The van der Waals surface area contributed by atoms with Crippen molar-refractivity contribution in [2.45, 2.75) is 26.3 Å². The molecule has 0 saturated carbocycles. The number of nitrogens with zero attached hydrogens (tertiary/aromatic N) is 1. The number of nitrogens with one attached hydrogen (secondary N) is 1. The first kappa shape index (κ1) is 15.0. The standard InChI is InChI=1S/C15H26N2O/c1-13(12-18)5-4-10-16-11-14-6-8-15(9-7-14)17(2)3/h6-9,13,16,18H,4-5,10-12H2,1-3H3. The lowest BCUT2D eigenvalue weighted by molar-refractivity contribution is 0.228. The Morgan fingerprint density at radius 3 is 2.44 bits per heavy atom. The van der Waals surface area contributed by atoms with E-state index in [0.717, 1.165) is 25.9 Å². The molecule has 102 valence electrons. The van der Waals surface area contributed by atoms with E-state index in [4.69, 9.17) is 5.11 Å². The number of hydrogen-bond acceptors (Lipinski definition) is 3. The van der Waals surface area contributed by atoms with Crippen molar-refractivity contribution in [1.82, 2.24) is 5.32 Å². The molecule has 1 aromatic rings. The number of aliphatic hydroxyl groups is 1. The number of hydrogen-bond donors (Lipinski definition) is 2. The highest BCUT2D eigenvalue weighted by Crippen LogP contribution is 2.12. The van der Waals surface area contributed by atoms with Crippen LogP contribution in [0.2, 0.25) is 0 Å². The van der Waals surface area contributed by atoms with Gasteiger partial charge in [-0.2, -0.15) is 0 Å². The zero-order valence-corrected chi connectivity index (χ0v) is 11.8. The third-order valence-corrected chi connectivity index (χ3v) is 3.14. The maximum Gasteiger partial charge on any atom is 0.0456 e. The number of anilines is 1. The van der Waals surface area contributed by atoms with Gasteiger partial charge in [0.15, 0.2) is 0 Å². The highest BCUT2D eigenvalue weighted by Gasteiger charge is 1.99. The summed E-state index contributed by atoms with van der Waals surface area (Å²) in [4.78, 5) is 2.10. The van der Waals surface area contributed by atoms with Crippen molar-refractivity contribution in [2.24, 2.45) is 5.92 Å². The third kappa shape index (κ3) is 5.52. The summed E-state index contributed by atoms with van der Waals surface area (Å²) in [5.41, 5.74) is 2.55. The number of rotatable bonds is 8. The largest absolute Gasteiger partial charge is 0.396 e. The first-order valence-corrected chi connectivity index (χ1v) is 6.71. The summed E-state index contributed by atoms with van der Waals surface area (Å²) in [6, 6.07) is 8.62. The summed E-state index contributed by atoms with van der Waals surface area (Å²) in [5.74, 6) is 0.422. The minimum atomic E-state index is 0.298. The molecule has 0 bridgehead atoms. The Bertz CT molecular complexity index is 322. The molecule has 1 atom stereocenters. The maximum absolute atomic E-state index is 8.92. The van der Waals surface area contributed by atoms with Crippen LogP contribution in [0.3, 0.4) is 0 Å². The Morgan fingerprint density at radius 2 is 1.89 bits per heavy atom. The smallest absolute Gasteiger partial charge is 0.0456 e. The molecular weight excluding hydrogens is 224 g/mol. The van der Waals surface area contributed by atoms with Crippen molar-refractivity contribution in [3.8, 4) is 0 Å². The molecule has 18 heavy (non-hydrogen) atoms. The normalized spacial score (nSPS) is 12.4. The fourth-order valence-electron chi connectivity index (χ4n) is 1.81. The van der Waals surface area contributed by atoms with Gasteiger partial charge in [0, 0.05) is 32.9 Å². The molecule has 0 saturated heterocycles.